The summed E-state index contributed by atoms with van der Waals surface area (Å²) < 4.78 is 2.20. The van der Waals surface area contributed by atoms with Crippen LogP contribution in [0.15, 0.2) is 26.9 Å². The molecule has 0 fully saturated rings. The van der Waals surface area contributed by atoms with E-state index in [1.54, 1.807) is 11.3 Å². The predicted molar refractivity (Wildman–Crippen MR) is 66.1 cm³/mol. The Morgan fingerprint density at radius 3 is 3.00 bits per heavy atom. The normalized spacial score (nSPS) is 10.4. The Bertz CT molecular complexity index is 525. The van der Waals surface area contributed by atoms with Crippen molar-refractivity contribution in [2.45, 2.75) is 11.3 Å². The van der Waals surface area contributed by atoms with Crippen LogP contribution in [0.25, 0.3) is 10.1 Å². The predicted octanol–water partition coefficient (Wildman–Crippen LogP) is 4.02. The molecular formula is C10H6BrNS2. The average Bonchev–Trinajstić information content (AvgIpc) is 2.55. The monoisotopic (exact) mass is 283 g/mol. The van der Waals surface area contributed by atoms with Gasteiger partial charge in [-0.3, -0.25) is 0 Å². The molecule has 0 spiro atoms. The quantitative estimate of drug-likeness (QED) is 0.786. The number of nitriles is 1. The third-order valence-electron chi connectivity index (χ3n) is 2.01. The Balaban J connectivity index is 2.80. The van der Waals surface area contributed by atoms with Crippen LogP contribution < -0.4 is 0 Å². The zero-order valence-corrected chi connectivity index (χ0v) is 10.4. The van der Waals surface area contributed by atoms with Gasteiger partial charge >= 0.3 is 0 Å². The van der Waals surface area contributed by atoms with Gasteiger partial charge in [0.2, 0.25) is 0 Å². The first-order valence-corrected chi connectivity index (χ1v) is 6.10. The summed E-state index contributed by atoms with van der Waals surface area (Å²) in [5.41, 5.74) is 1.06. The van der Waals surface area contributed by atoms with E-state index >= 15 is 0 Å². The van der Waals surface area contributed by atoms with Gasteiger partial charge in [0.05, 0.1) is 12.5 Å². The number of thiol groups is 1. The minimum absolute atomic E-state index is 0.444. The molecule has 0 saturated carbocycles. The van der Waals surface area contributed by atoms with Gasteiger partial charge in [-0.15, -0.1) is 24.0 Å². The molecule has 0 aliphatic rings. The highest BCUT2D eigenvalue weighted by molar-refractivity contribution is 9.10. The number of rotatable bonds is 1. The number of fused-ring (bicyclic) bond motifs is 1. The summed E-state index contributed by atoms with van der Waals surface area (Å²) in [5.74, 6) is 0. The van der Waals surface area contributed by atoms with Gasteiger partial charge < -0.3 is 0 Å². The van der Waals surface area contributed by atoms with E-state index in [1.165, 1.54) is 0 Å². The molecule has 0 radical (unpaired) electrons. The average molecular weight is 284 g/mol. The molecule has 0 saturated heterocycles. The number of thiophene rings is 1. The Labute approximate surface area is 99.9 Å². The second-order valence-electron chi connectivity index (χ2n) is 2.87. The molecule has 70 valence electrons. The fourth-order valence-corrected chi connectivity index (χ4v) is 3.49. The first-order chi connectivity index (χ1) is 6.74. The molecule has 2 aromatic rings. The minimum Gasteiger partial charge on any atom is -0.198 e. The highest BCUT2D eigenvalue weighted by Gasteiger charge is 2.09. The summed E-state index contributed by atoms with van der Waals surface area (Å²) in [7, 11) is 0. The largest absolute Gasteiger partial charge is 0.198 e. The third-order valence-corrected chi connectivity index (χ3v) is 4.48. The second kappa shape index (κ2) is 3.93. The van der Waals surface area contributed by atoms with Crippen LogP contribution in [0.2, 0.25) is 0 Å². The molecule has 0 aliphatic heterocycles. The molecule has 0 aliphatic carbocycles. The topological polar surface area (TPSA) is 23.8 Å². The fraction of sp³-hybridized carbons (Fsp3) is 0.100. The molecule has 0 bridgehead atoms. The molecule has 1 heterocycles. The van der Waals surface area contributed by atoms with Crippen LogP contribution in [0.5, 0.6) is 0 Å². The summed E-state index contributed by atoms with van der Waals surface area (Å²) in [6.07, 6.45) is 0.444. The Kier molecular flexibility index (Phi) is 2.82. The van der Waals surface area contributed by atoms with Crippen molar-refractivity contribution in [3.63, 3.8) is 0 Å². The maximum atomic E-state index is 8.70. The number of benzene rings is 1. The van der Waals surface area contributed by atoms with Gasteiger partial charge in [-0.25, -0.2) is 0 Å². The zero-order valence-electron chi connectivity index (χ0n) is 7.12. The van der Waals surface area contributed by atoms with E-state index in [2.05, 4.69) is 34.6 Å². The highest BCUT2D eigenvalue weighted by Crippen LogP contribution is 2.36. The van der Waals surface area contributed by atoms with Crippen LogP contribution in [0.1, 0.15) is 5.56 Å². The molecule has 0 N–H and O–H groups in total. The fourth-order valence-electron chi connectivity index (χ4n) is 1.40. The van der Waals surface area contributed by atoms with Gasteiger partial charge in [0.15, 0.2) is 0 Å². The first kappa shape index (κ1) is 10.0. The van der Waals surface area contributed by atoms with Crippen molar-refractivity contribution in [2.75, 3.05) is 0 Å². The summed E-state index contributed by atoms with van der Waals surface area (Å²) >= 11 is 9.52. The second-order valence-corrected chi connectivity index (χ2v) is 5.08. The Morgan fingerprint density at radius 2 is 2.29 bits per heavy atom. The van der Waals surface area contributed by atoms with E-state index in [9.17, 15) is 0 Å². The van der Waals surface area contributed by atoms with E-state index in [-0.39, 0.29) is 0 Å². The minimum atomic E-state index is 0.444. The molecule has 1 aromatic carbocycles. The van der Waals surface area contributed by atoms with Crippen LogP contribution in [0, 0.1) is 11.3 Å². The van der Waals surface area contributed by atoms with E-state index < -0.39 is 0 Å². The van der Waals surface area contributed by atoms with Crippen molar-refractivity contribution in [1.82, 2.24) is 0 Å². The van der Waals surface area contributed by atoms with Crippen LogP contribution in [-0.2, 0) is 6.42 Å². The smallest absolute Gasteiger partial charge is 0.0669 e. The maximum absolute atomic E-state index is 8.70. The van der Waals surface area contributed by atoms with Gasteiger partial charge in [0.25, 0.3) is 0 Å². The molecule has 1 nitrogen and oxygen atoms in total. The molecule has 4 heteroatoms. The standard InChI is InChI=1S/C10H6BrNS2/c11-7-5-14-10-8(13)2-1-6(3-4-12)9(7)10/h1-2,5,13H,3H2. The molecule has 2 rings (SSSR count). The highest BCUT2D eigenvalue weighted by atomic mass is 79.9. The lowest BCUT2D eigenvalue weighted by Crippen LogP contribution is -1.83. The number of nitrogens with zero attached hydrogens (tertiary/aromatic N) is 1. The van der Waals surface area contributed by atoms with Crippen molar-refractivity contribution in [3.8, 4) is 6.07 Å². The van der Waals surface area contributed by atoms with Gasteiger partial charge in [-0.05, 0) is 27.6 Å². The zero-order chi connectivity index (χ0) is 10.1. The van der Waals surface area contributed by atoms with E-state index in [0.717, 1.165) is 25.0 Å². The third kappa shape index (κ3) is 1.56. The van der Waals surface area contributed by atoms with Crippen LogP contribution in [0.4, 0.5) is 0 Å². The molecule has 0 amide bonds. The van der Waals surface area contributed by atoms with Crippen LogP contribution >= 0.6 is 39.9 Å². The molecule has 0 atom stereocenters. The van der Waals surface area contributed by atoms with E-state index in [0.29, 0.717) is 6.42 Å². The van der Waals surface area contributed by atoms with E-state index in [4.69, 9.17) is 5.26 Å². The number of halogens is 1. The van der Waals surface area contributed by atoms with Crippen molar-refractivity contribution >= 4 is 50.0 Å². The summed E-state index contributed by atoms with van der Waals surface area (Å²) in [4.78, 5) is 0.970. The Hall–Kier alpha value is -0.500. The lowest BCUT2D eigenvalue weighted by Gasteiger charge is -2.01. The molecular weight excluding hydrogens is 278 g/mol. The summed E-state index contributed by atoms with van der Waals surface area (Å²) in [5, 5.41) is 11.9. The lowest BCUT2D eigenvalue weighted by atomic mass is 10.1. The number of hydrogen-bond donors (Lipinski definition) is 1. The van der Waals surface area contributed by atoms with E-state index in [1.807, 2.05) is 17.5 Å². The SMILES string of the molecule is N#CCc1ccc(S)c2scc(Br)c12. The maximum Gasteiger partial charge on any atom is 0.0669 e. The van der Waals surface area contributed by atoms with Gasteiger partial charge in [-0.2, -0.15) is 5.26 Å². The van der Waals surface area contributed by atoms with Crippen molar-refractivity contribution in [3.05, 3.63) is 27.5 Å². The molecule has 1 aromatic heterocycles. The van der Waals surface area contributed by atoms with Crippen molar-refractivity contribution in [2.24, 2.45) is 0 Å². The Morgan fingerprint density at radius 1 is 1.50 bits per heavy atom. The summed E-state index contributed by atoms with van der Waals surface area (Å²) in [6, 6.07) is 6.08. The number of hydrogen-bond acceptors (Lipinski definition) is 3. The van der Waals surface area contributed by atoms with Crippen molar-refractivity contribution in [1.29, 1.82) is 5.26 Å². The van der Waals surface area contributed by atoms with Gasteiger partial charge in [0.1, 0.15) is 0 Å². The van der Waals surface area contributed by atoms with Crippen LogP contribution in [-0.4, -0.2) is 0 Å². The molecule has 14 heavy (non-hydrogen) atoms. The first-order valence-electron chi connectivity index (χ1n) is 3.98. The van der Waals surface area contributed by atoms with Gasteiger partial charge in [0, 0.05) is 24.8 Å². The van der Waals surface area contributed by atoms with Gasteiger partial charge in [-0.1, -0.05) is 6.07 Å². The summed E-state index contributed by atoms with van der Waals surface area (Å²) in [6.45, 7) is 0. The lowest BCUT2D eigenvalue weighted by molar-refractivity contribution is 1.28. The van der Waals surface area contributed by atoms with Crippen molar-refractivity contribution < 1.29 is 0 Å². The van der Waals surface area contributed by atoms with Crippen LogP contribution in [0.3, 0.4) is 0 Å². The molecule has 0 unspecified atom stereocenters.